The van der Waals surface area contributed by atoms with Crippen molar-refractivity contribution < 1.29 is 22.7 Å². The maximum atomic E-state index is 12.5. The van der Waals surface area contributed by atoms with E-state index in [0.717, 1.165) is 0 Å². The number of sulfone groups is 1. The number of rotatable bonds is 9. The Morgan fingerprint density at radius 2 is 1.59 bits per heavy atom. The van der Waals surface area contributed by atoms with E-state index in [-0.39, 0.29) is 17.1 Å². The molecular formula is C19H22N2O5S. The van der Waals surface area contributed by atoms with E-state index in [1.807, 2.05) is 0 Å². The summed E-state index contributed by atoms with van der Waals surface area (Å²) in [5.41, 5.74) is 5.95. The summed E-state index contributed by atoms with van der Waals surface area (Å²) in [6, 6.07) is 15.5. The number of hydrogen-bond donors (Lipinski definition) is 2. The summed E-state index contributed by atoms with van der Waals surface area (Å²) < 4.78 is 29.9. The number of carbonyl (C=O) groups excluding carboxylic acids is 2. The van der Waals surface area contributed by atoms with Crippen molar-refractivity contribution in [3.63, 3.8) is 0 Å². The van der Waals surface area contributed by atoms with Crippen LogP contribution in [0.5, 0.6) is 0 Å². The van der Waals surface area contributed by atoms with Crippen LogP contribution in [0.15, 0.2) is 65.6 Å². The Morgan fingerprint density at radius 3 is 2.11 bits per heavy atom. The second-order valence-corrected chi connectivity index (χ2v) is 8.02. The number of ether oxygens (including phenoxy) is 1. The first-order valence-corrected chi connectivity index (χ1v) is 9.95. The summed E-state index contributed by atoms with van der Waals surface area (Å²) >= 11 is 0. The number of hydrogen-bond acceptors (Lipinski definition) is 5. The number of amides is 2. The van der Waals surface area contributed by atoms with Gasteiger partial charge in [-0.15, -0.1) is 0 Å². The lowest BCUT2D eigenvalue weighted by Gasteiger charge is -2.20. The van der Waals surface area contributed by atoms with Crippen LogP contribution in [0, 0.1) is 0 Å². The molecule has 0 spiro atoms. The van der Waals surface area contributed by atoms with E-state index >= 15 is 0 Å². The third-order valence-corrected chi connectivity index (χ3v) is 5.78. The predicted molar refractivity (Wildman–Crippen MR) is 100 cm³/mol. The van der Waals surface area contributed by atoms with Crippen molar-refractivity contribution in [1.82, 2.24) is 5.32 Å². The smallest absolute Gasteiger partial charge is 0.254 e. The van der Waals surface area contributed by atoms with Crippen molar-refractivity contribution in [2.24, 2.45) is 5.73 Å². The van der Waals surface area contributed by atoms with Crippen LogP contribution in [-0.2, 0) is 24.2 Å². The van der Waals surface area contributed by atoms with Crippen LogP contribution >= 0.6 is 0 Å². The molecule has 144 valence electrons. The molecule has 2 rings (SSSR count). The maximum Gasteiger partial charge on any atom is 0.254 e. The lowest BCUT2D eigenvalue weighted by Crippen LogP contribution is -2.47. The Kier molecular flexibility index (Phi) is 7.09. The normalized spacial score (nSPS) is 13.5. The van der Waals surface area contributed by atoms with E-state index in [9.17, 15) is 18.0 Å². The number of benzene rings is 2. The maximum absolute atomic E-state index is 12.5. The summed E-state index contributed by atoms with van der Waals surface area (Å²) in [5.74, 6) is -1.70. The van der Waals surface area contributed by atoms with Crippen molar-refractivity contribution in [3.05, 3.63) is 66.2 Å². The van der Waals surface area contributed by atoms with Gasteiger partial charge in [0.15, 0.2) is 15.9 Å². The molecule has 0 aromatic heterocycles. The van der Waals surface area contributed by atoms with Gasteiger partial charge in [-0.25, -0.2) is 8.42 Å². The second kappa shape index (κ2) is 9.29. The molecule has 8 heteroatoms. The van der Waals surface area contributed by atoms with E-state index in [2.05, 4.69) is 5.32 Å². The van der Waals surface area contributed by atoms with Crippen molar-refractivity contribution >= 4 is 21.7 Å². The Balaban J connectivity index is 2.07. The number of nitrogens with one attached hydrogen (secondary N) is 1. The van der Waals surface area contributed by atoms with E-state index in [1.165, 1.54) is 19.2 Å². The van der Waals surface area contributed by atoms with Crippen LogP contribution < -0.4 is 11.1 Å². The minimum Gasteiger partial charge on any atom is -0.368 e. The summed E-state index contributed by atoms with van der Waals surface area (Å²) in [6.45, 7) is 0. The first kappa shape index (κ1) is 20.6. The minimum absolute atomic E-state index is 0.135. The monoisotopic (exact) mass is 390 g/mol. The fourth-order valence-electron chi connectivity index (χ4n) is 2.57. The summed E-state index contributed by atoms with van der Waals surface area (Å²) in [4.78, 5) is 24.3. The number of nitrogens with two attached hydrogens (primary N) is 1. The van der Waals surface area contributed by atoms with E-state index in [4.69, 9.17) is 10.5 Å². The zero-order valence-electron chi connectivity index (χ0n) is 14.9. The minimum atomic E-state index is -3.59. The number of primary amides is 1. The molecule has 0 saturated heterocycles. The fraction of sp³-hybridized carbons (Fsp3) is 0.263. The van der Waals surface area contributed by atoms with Gasteiger partial charge in [0.25, 0.3) is 5.91 Å². The third kappa shape index (κ3) is 5.63. The van der Waals surface area contributed by atoms with Gasteiger partial charge in [-0.05, 0) is 24.1 Å². The van der Waals surface area contributed by atoms with Gasteiger partial charge in [-0.2, -0.15) is 0 Å². The quantitative estimate of drug-likeness (QED) is 0.668. The van der Waals surface area contributed by atoms with Crippen molar-refractivity contribution in [2.45, 2.75) is 23.5 Å². The van der Waals surface area contributed by atoms with Crippen molar-refractivity contribution in [2.75, 3.05) is 12.9 Å². The van der Waals surface area contributed by atoms with Gasteiger partial charge < -0.3 is 15.8 Å². The van der Waals surface area contributed by atoms with Gasteiger partial charge in [0.1, 0.15) is 6.04 Å². The highest BCUT2D eigenvalue weighted by Gasteiger charge is 2.27. The molecule has 0 aliphatic rings. The third-order valence-electron chi connectivity index (χ3n) is 4.01. The van der Waals surface area contributed by atoms with E-state index in [1.54, 1.807) is 48.5 Å². The molecule has 0 saturated carbocycles. The van der Waals surface area contributed by atoms with Gasteiger partial charge in [-0.3, -0.25) is 9.59 Å². The van der Waals surface area contributed by atoms with Crippen molar-refractivity contribution in [3.8, 4) is 0 Å². The Bertz CT molecular complexity index is 869. The van der Waals surface area contributed by atoms with Gasteiger partial charge in [0.2, 0.25) is 5.91 Å². The molecule has 0 aliphatic carbocycles. The summed E-state index contributed by atoms with van der Waals surface area (Å²) in [5, 5.41) is 2.49. The molecule has 0 fully saturated rings. The SMILES string of the molecule is CO[C@H](C(=O)N[C@H](CCS(=O)(=O)c1ccccc1)C(N)=O)c1ccccc1. The molecule has 0 aliphatic heterocycles. The zero-order valence-corrected chi connectivity index (χ0v) is 15.7. The van der Waals surface area contributed by atoms with Crippen LogP contribution in [0.4, 0.5) is 0 Å². The first-order valence-electron chi connectivity index (χ1n) is 8.30. The van der Waals surface area contributed by atoms with Crippen LogP contribution in [0.25, 0.3) is 0 Å². The average molecular weight is 390 g/mol. The fourth-order valence-corrected chi connectivity index (χ4v) is 3.93. The molecule has 2 aromatic rings. The summed E-state index contributed by atoms with van der Waals surface area (Å²) in [6.07, 6.45) is -1.07. The molecule has 0 radical (unpaired) electrons. The molecule has 0 bridgehead atoms. The topological polar surface area (TPSA) is 116 Å². The van der Waals surface area contributed by atoms with Gasteiger partial charge in [0.05, 0.1) is 10.6 Å². The highest BCUT2D eigenvalue weighted by molar-refractivity contribution is 7.91. The molecule has 0 heterocycles. The van der Waals surface area contributed by atoms with Crippen LogP contribution in [0.3, 0.4) is 0 Å². The molecule has 2 aromatic carbocycles. The number of carbonyl (C=O) groups is 2. The van der Waals surface area contributed by atoms with Crippen LogP contribution in [0.1, 0.15) is 18.1 Å². The molecule has 7 nitrogen and oxygen atoms in total. The lowest BCUT2D eigenvalue weighted by molar-refractivity contribution is -0.135. The molecule has 0 unspecified atom stereocenters. The molecule has 27 heavy (non-hydrogen) atoms. The Hall–Kier alpha value is -2.71. The molecular weight excluding hydrogens is 368 g/mol. The molecule has 2 atom stereocenters. The molecule has 2 amide bonds. The van der Waals surface area contributed by atoms with Gasteiger partial charge in [0, 0.05) is 7.11 Å². The van der Waals surface area contributed by atoms with E-state index in [0.29, 0.717) is 5.56 Å². The van der Waals surface area contributed by atoms with E-state index < -0.39 is 33.8 Å². The second-order valence-electron chi connectivity index (χ2n) is 5.91. The zero-order chi connectivity index (χ0) is 19.9. The standard InChI is InChI=1S/C19H22N2O5S/c1-26-17(14-8-4-2-5-9-14)19(23)21-16(18(20)22)12-13-27(24,25)15-10-6-3-7-11-15/h2-11,16-17H,12-13H2,1H3,(H2,20,22)(H,21,23)/t16-,17+/m1/s1. The Labute approximate surface area is 158 Å². The van der Waals surface area contributed by atoms with Gasteiger partial charge >= 0.3 is 0 Å². The predicted octanol–water partition coefficient (Wildman–Crippen LogP) is 1.21. The number of methoxy groups -OCH3 is 1. The van der Waals surface area contributed by atoms with Crippen LogP contribution in [-0.4, -0.2) is 39.1 Å². The highest BCUT2D eigenvalue weighted by atomic mass is 32.2. The lowest BCUT2D eigenvalue weighted by atomic mass is 10.1. The van der Waals surface area contributed by atoms with Crippen molar-refractivity contribution in [1.29, 1.82) is 0 Å². The van der Waals surface area contributed by atoms with Crippen LogP contribution in [0.2, 0.25) is 0 Å². The first-order chi connectivity index (χ1) is 12.8. The molecule has 3 N–H and O–H groups in total. The van der Waals surface area contributed by atoms with Gasteiger partial charge in [-0.1, -0.05) is 48.5 Å². The largest absolute Gasteiger partial charge is 0.368 e. The highest BCUT2D eigenvalue weighted by Crippen LogP contribution is 2.17. The Morgan fingerprint density at radius 1 is 1.04 bits per heavy atom. The average Bonchev–Trinajstić information content (AvgIpc) is 2.67. The summed E-state index contributed by atoms with van der Waals surface area (Å²) in [7, 11) is -2.22.